The van der Waals surface area contributed by atoms with Crippen molar-refractivity contribution in [1.82, 2.24) is 14.9 Å². The Labute approximate surface area is 76.6 Å². The lowest BCUT2D eigenvalue weighted by Gasteiger charge is -2.24. The Morgan fingerprint density at radius 2 is 2.31 bits per heavy atom. The van der Waals surface area contributed by atoms with E-state index >= 15 is 0 Å². The first-order valence-corrected chi connectivity index (χ1v) is 4.44. The fourth-order valence-corrected chi connectivity index (χ4v) is 1.77. The van der Waals surface area contributed by atoms with Crippen molar-refractivity contribution in [2.24, 2.45) is 0 Å². The number of hydrogen-bond donors (Lipinski definition) is 1. The number of likely N-dealkylation sites (N-methyl/N-ethyl adjacent to an activating group) is 1. The number of nitrogens with zero attached hydrogens (tertiary/aromatic N) is 2. The first-order chi connectivity index (χ1) is 6.16. The smallest absolute Gasteiger partial charge is 0.310 e. The highest BCUT2D eigenvalue weighted by atomic mass is 16.1. The Morgan fingerprint density at radius 3 is 3.08 bits per heavy atom. The molecule has 0 unspecified atom stereocenters. The highest BCUT2D eigenvalue weighted by molar-refractivity contribution is 5.25. The normalized spacial score (nSPS) is 17.1. The highest BCUT2D eigenvalue weighted by Gasteiger charge is 2.16. The zero-order chi connectivity index (χ0) is 9.42. The van der Waals surface area contributed by atoms with Crippen LogP contribution >= 0.6 is 0 Å². The summed E-state index contributed by atoms with van der Waals surface area (Å²) in [6.07, 6.45) is 0.988. The minimum absolute atomic E-state index is 0.230. The molecule has 0 spiro atoms. The molecule has 1 aromatic rings. The summed E-state index contributed by atoms with van der Waals surface area (Å²) in [5, 5.41) is 0. The summed E-state index contributed by atoms with van der Waals surface area (Å²) >= 11 is 0. The maximum Gasteiger partial charge on any atom is 0.345 e. The van der Waals surface area contributed by atoms with E-state index in [0.717, 1.165) is 30.9 Å². The quantitative estimate of drug-likeness (QED) is 0.613. The fourth-order valence-electron chi connectivity index (χ4n) is 1.77. The van der Waals surface area contributed by atoms with Crippen molar-refractivity contribution in [2.45, 2.75) is 19.9 Å². The van der Waals surface area contributed by atoms with E-state index in [9.17, 15) is 4.79 Å². The van der Waals surface area contributed by atoms with Crippen LogP contribution in [0.4, 0.5) is 0 Å². The van der Waals surface area contributed by atoms with Crippen LogP contribution in [-0.2, 0) is 13.0 Å². The predicted molar refractivity (Wildman–Crippen MR) is 49.6 cm³/mol. The Morgan fingerprint density at radius 1 is 1.54 bits per heavy atom. The molecule has 1 N–H and O–H groups in total. The van der Waals surface area contributed by atoms with Crippen molar-refractivity contribution in [2.75, 3.05) is 13.6 Å². The van der Waals surface area contributed by atoms with Crippen molar-refractivity contribution >= 4 is 0 Å². The van der Waals surface area contributed by atoms with Crippen LogP contribution in [0.3, 0.4) is 0 Å². The number of rotatable bonds is 0. The average molecular weight is 179 g/mol. The van der Waals surface area contributed by atoms with Crippen molar-refractivity contribution in [3.63, 3.8) is 0 Å². The molecule has 0 aromatic carbocycles. The van der Waals surface area contributed by atoms with E-state index in [4.69, 9.17) is 0 Å². The standard InChI is InChI=1S/C9H13N3O/c1-6-7-3-4-12(2)5-8(7)11-9(13)10-6/h3-5H2,1-2H3,(H,10,11,13). The lowest BCUT2D eigenvalue weighted by molar-refractivity contribution is 0.305. The van der Waals surface area contributed by atoms with E-state index in [1.54, 1.807) is 0 Å². The molecule has 13 heavy (non-hydrogen) atoms. The van der Waals surface area contributed by atoms with Gasteiger partial charge in [0.2, 0.25) is 0 Å². The van der Waals surface area contributed by atoms with Gasteiger partial charge in [0, 0.05) is 18.8 Å². The molecule has 2 rings (SSSR count). The molecule has 1 aromatic heterocycles. The third kappa shape index (κ3) is 1.49. The van der Waals surface area contributed by atoms with Gasteiger partial charge in [-0.25, -0.2) is 4.79 Å². The van der Waals surface area contributed by atoms with Gasteiger partial charge >= 0.3 is 5.69 Å². The summed E-state index contributed by atoms with van der Waals surface area (Å²) in [6, 6.07) is 0. The summed E-state index contributed by atoms with van der Waals surface area (Å²) in [4.78, 5) is 20.0. The third-order valence-electron chi connectivity index (χ3n) is 2.50. The van der Waals surface area contributed by atoms with E-state index in [2.05, 4.69) is 14.9 Å². The number of aromatic nitrogens is 2. The maximum atomic E-state index is 11.1. The highest BCUT2D eigenvalue weighted by Crippen LogP contribution is 2.15. The van der Waals surface area contributed by atoms with E-state index < -0.39 is 0 Å². The molecule has 2 heterocycles. The number of hydrogen-bond acceptors (Lipinski definition) is 3. The minimum atomic E-state index is -0.230. The van der Waals surface area contributed by atoms with Crippen LogP contribution in [0.25, 0.3) is 0 Å². The number of fused-ring (bicyclic) bond motifs is 1. The van der Waals surface area contributed by atoms with Gasteiger partial charge < -0.3 is 9.88 Å². The SMILES string of the molecule is Cc1[nH]c(=O)nc2c1CCN(C)C2. The van der Waals surface area contributed by atoms with Crippen molar-refractivity contribution < 1.29 is 0 Å². The van der Waals surface area contributed by atoms with Gasteiger partial charge in [0.1, 0.15) is 0 Å². The van der Waals surface area contributed by atoms with Gasteiger partial charge in [-0.05, 0) is 26.0 Å². The second kappa shape index (κ2) is 2.96. The van der Waals surface area contributed by atoms with Gasteiger partial charge in [-0.1, -0.05) is 0 Å². The van der Waals surface area contributed by atoms with E-state index in [1.165, 1.54) is 5.56 Å². The zero-order valence-electron chi connectivity index (χ0n) is 7.92. The molecule has 0 fully saturated rings. The second-order valence-electron chi connectivity index (χ2n) is 3.58. The molecule has 0 radical (unpaired) electrons. The Hall–Kier alpha value is -1.16. The minimum Gasteiger partial charge on any atom is -0.310 e. The Bertz CT molecular complexity index is 383. The van der Waals surface area contributed by atoms with Crippen LogP contribution < -0.4 is 5.69 Å². The van der Waals surface area contributed by atoms with Crippen LogP contribution in [-0.4, -0.2) is 28.5 Å². The van der Waals surface area contributed by atoms with Crippen LogP contribution in [0, 0.1) is 6.92 Å². The molecule has 0 aliphatic carbocycles. The molecular weight excluding hydrogens is 166 g/mol. The zero-order valence-corrected chi connectivity index (χ0v) is 7.92. The number of nitrogens with one attached hydrogen (secondary N) is 1. The number of H-pyrrole nitrogens is 1. The first kappa shape index (κ1) is 8.44. The first-order valence-electron chi connectivity index (χ1n) is 4.44. The molecule has 0 saturated heterocycles. The number of aryl methyl sites for hydroxylation is 1. The molecule has 0 bridgehead atoms. The van der Waals surface area contributed by atoms with Crippen LogP contribution in [0.2, 0.25) is 0 Å². The summed E-state index contributed by atoms with van der Waals surface area (Å²) < 4.78 is 0. The van der Waals surface area contributed by atoms with Crippen LogP contribution in [0.1, 0.15) is 17.0 Å². The number of aromatic amines is 1. The van der Waals surface area contributed by atoms with Gasteiger partial charge in [0.05, 0.1) is 5.69 Å². The lowest BCUT2D eigenvalue weighted by Crippen LogP contribution is -2.31. The largest absolute Gasteiger partial charge is 0.345 e. The molecule has 4 heteroatoms. The van der Waals surface area contributed by atoms with Gasteiger partial charge in [0.25, 0.3) is 0 Å². The molecular formula is C9H13N3O. The van der Waals surface area contributed by atoms with Crippen molar-refractivity contribution in [1.29, 1.82) is 0 Å². The van der Waals surface area contributed by atoms with E-state index in [1.807, 2.05) is 14.0 Å². The molecule has 0 saturated carbocycles. The summed E-state index contributed by atoms with van der Waals surface area (Å²) in [5.41, 5.74) is 2.90. The van der Waals surface area contributed by atoms with Gasteiger partial charge in [-0.2, -0.15) is 4.98 Å². The predicted octanol–water partition coefficient (Wildman–Crippen LogP) is 0.0662. The van der Waals surface area contributed by atoms with Crippen LogP contribution in [0.5, 0.6) is 0 Å². The second-order valence-corrected chi connectivity index (χ2v) is 3.58. The average Bonchev–Trinajstić information content (AvgIpc) is 2.02. The molecule has 70 valence electrons. The molecule has 0 atom stereocenters. The maximum absolute atomic E-state index is 11.1. The molecule has 1 aliphatic rings. The third-order valence-corrected chi connectivity index (χ3v) is 2.50. The van der Waals surface area contributed by atoms with Crippen LogP contribution in [0.15, 0.2) is 4.79 Å². The summed E-state index contributed by atoms with van der Waals surface area (Å²) in [6.45, 7) is 3.77. The Balaban J connectivity index is 2.53. The monoisotopic (exact) mass is 179 g/mol. The van der Waals surface area contributed by atoms with E-state index in [-0.39, 0.29) is 5.69 Å². The summed E-state index contributed by atoms with van der Waals surface area (Å²) in [5.74, 6) is 0. The Kier molecular flexibility index (Phi) is 1.92. The fraction of sp³-hybridized carbons (Fsp3) is 0.556. The molecule has 0 amide bonds. The topological polar surface area (TPSA) is 49.0 Å². The van der Waals surface area contributed by atoms with Gasteiger partial charge in [0.15, 0.2) is 0 Å². The summed E-state index contributed by atoms with van der Waals surface area (Å²) in [7, 11) is 2.04. The molecule has 4 nitrogen and oxygen atoms in total. The molecule has 1 aliphatic heterocycles. The van der Waals surface area contributed by atoms with Gasteiger partial charge in [-0.15, -0.1) is 0 Å². The van der Waals surface area contributed by atoms with Crippen molar-refractivity contribution in [3.05, 3.63) is 27.4 Å². The van der Waals surface area contributed by atoms with Crippen molar-refractivity contribution in [3.8, 4) is 0 Å². The lowest BCUT2D eigenvalue weighted by atomic mass is 10.0. The van der Waals surface area contributed by atoms with E-state index in [0.29, 0.717) is 0 Å². The van der Waals surface area contributed by atoms with Gasteiger partial charge in [-0.3, -0.25) is 0 Å².